The van der Waals surface area contributed by atoms with Gasteiger partial charge in [0.15, 0.2) is 0 Å². The molecule has 98 valence electrons. The monoisotopic (exact) mass is 239 g/mol. The second-order valence-corrected chi connectivity index (χ2v) is 6.57. The van der Waals surface area contributed by atoms with Crippen LogP contribution in [-0.4, -0.2) is 25.7 Å². The molecule has 1 heterocycles. The fraction of sp³-hybridized carbons (Fsp3) is 0.929. The lowest BCUT2D eigenvalue weighted by Crippen LogP contribution is -2.36. The first-order valence-electron chi connectivity index (χ1n) is 6.84. The number of carbonyl (C=O) groups is 1. The molecule has 0 spiro atoms. The van der Waals surface area contributed by atoms with Crippen LogP contribution in [0.15, 0.2) is 0 Å². The van der Waals surface area contributed by atoms with Gasteiger partial charge in [-0.2, -0.15) is 0 Å². The van der Waals surface area contributed by atoms with Crippen molar-refractivity contribution in [3.05, 3.63) is 0 Å². The van der Waals surface area contributed by atoms with E-state index in [-0.39, 0.29) is 11.3 Å². The molecule has 2 fully saturated rings. The molecule has 1 saturated carbocycles. The minimum Gasteiger partial charge on any atom is -0.381 e. The molecule has 1 aliphatic carbocycles. The Hall–Kier alpha value is -0.570. The van der Waals surface area contributed by atoms with Gasteiger partial charge in [0, 0.05) is 25.2 Å². The SMILES string of the molecule is CC(C)(C)C(=O)NCC1C[C@H]1C1CCOCC1. The fourth-order valence-corrected chi connectivity index (χ4v) is 2.72. The van der Waals surface area contributed by atoms with Crippen molar-refractivity contribution in [3.63, 3.8) is 0 Å². The Morgan fingerprint density at radius 3 is 2.53 bits per heavy atom. The Labute approximate surface area is 104 Å². The molecule has 0 aromatic heterocycles. The van der Waals surface area contributed by atoms with Crippen molar-refractivity contribution in [1.82, 2.24) is 5.32 Å². The van der Waals surface area contributed by atoms with Crippen LogP contribution in [0.25, 0.3) is 0 Å². The highest BCUT2D eigenvalue weighted by Crippen LogP contribution is 2.47. The van der Waals surface area contributed by atoms with Gasteiger partial charge in [-0.3, -0.25) is 4.79 Å². The average Bonchev–Trinajstić information content (AvgIpc) is 3.05. The molecule has 1 aliphatic heterocycles. The third-order valence-corrected chi connectivity index (χ3v) is 4.05. The van der Waals surface area contributed by atoms with Crippen molar-refractivity contribution in [2.45, 2.75) is 40.0 Å². The van der Waals surface area contributed by atoms with Crippen molar-refractivity contribution in [3.8, 4) is 0 Å². The summed E-state index contributed by atoms with van der Waals surface area (Å²) < 4.78 is 5.39. The van der Waals surface area contributed by atoms with E-state index in [9.17, 15) is 4.79 Å². The standard InChI is InChI=1S/C14H25NO2/c1-14(2,3)13(16)15-9-11-8-12(11)10-4-6-17-7-5-10/h10-12H,4-9H2,1-3H3,(H,15,16)/t11?,12-/m0/s1. The number of ether oxygens (including phenoxy) is 1. The van der Waals surface area contributed by atoms with Gasteiger partial charge < -0.3 is 10.1 Å². The van der Waals surface area contributed by atoms with Gasteiger partial charge in [-0.25, -0.2) is 0 Å². The lowest BCUT2D eigenvalue weighted by atomic mass is 9.93. The van der Waals surface area contributed by atoms with E-state index in [0.29, 0.717) is 0 Å². The van der Waals surface area contributed by atoms with Crippen molar-refractivity contribution < 1.29 is 9.53 Å². The Kier molecular flexibility index (Phi) is 3.76. The van der Waals surface area contributed by atoms with E-state index in [1.54, 1.807) is 0 Å². The second kappa shape index (κ2) is 4.97. The molecule has 1 N–H and O–H groups in total. The first-order chi connectivity index (χ1) is 7.98. The van der Waals surface area contributed by atoms with Crippen molar-refractivity contribution in [2.24, 2.45) is 23.2 Å². The smallest absolute Gasteiger partial charge is 0.225 e. The molecular formula is C14H25NO2. The van der Waals surface area contributed by atoms with Crippen LogP contribution in [0, 0.1) is 23.2 Å². The third-order valence-electron chi connectivity index (χ3n) is 4.05. The third kappa shape index (κ3) is 3.44. The summed E-state index contributed by atoms with van der Waals surface area (Å²) in [5, 5.41) is 3.08. The number of carbonyl (C=O) groups excluding carboxylic acids is 1. The normalized spacial score (nSPS) is 30.1. The van der Waals surface area contributed by atoms with E-state index >= 15 is 0 Å². The van der Waals surface area contributed by atoms with Crippen LogP contribution in [0.2, 0.25) is 0 Å². The molecule has 1 saturated heterocycles. The second-order valence-electron chi connectivity index (χ2n) is 6.57. The number of rotatable bonds is 3. The highest BCUT2D eigenvalue weighted by atomic mass is 16.5. The highest BCUT2D eigenvalue weighted by molar-refractivity contribution is 5.81. The predicted molar refractivity (Wildman–Crippen MR) is 67.6 cm³/mol. The van der Waals surface area contributed by atoms with E-state index < -0.39 is 0 Å². The van der Waals surface area contributed by atoms with E-state index in [1.165, 1.54) is 19.3 Å². The number of hydrogen-bond acceptors (Lipinski definition) is 2. The van der Waals surface area contributed by atoms with Gasteiger partial charge >= 0.3 is 0 Å². The summed E-state index contributed by atoms with van der Waals surface area (Å²) >= 11 is 0. The Morgan fingerprint density at radius 2 is 1.94 bits per heavy atom. The molecule has 2 rings (SSSR count). The van der Waals surface area contributed by atoms with Gasteiger partial charge in [0.1, 0.15) is 0 Å². The van der Waals surface area contributed by atoms with Crippen LogP contribution in [0.1, 0.15) is 40.0 Å². The van der Waals surface area contributed by atoms with Gasteiger partial charge in [-0.05, 0) is 37.0 Å². The summed E-state index contributed by atoms with van der Waals surface area (Å²) in [4.78, 5) is 11.7. The zero-order valence-corrected chi connectivity index (χ0v) is 11.3. The molecule has 0 bridgehead atoms. The zero-order chi connectivity index (χ0) is 12.5. The van der Waals surface area contributed by atoms with Crippen molar-refractivity contribution in [2.75, 3.05) is 19.8 Å². The lowest BCUT2D eigenvalue weighted by Gasteiger charge is -2.22. The van der Waals surface area contributed by atoms with Gasteiger partial charge in [-0.15, -0.1) is 0 Å². The van der Waals surface area contributed by atoms with Gasteiger partial charge in [-0.1, -0.05) is 20.8 Å². The minimum absolute atomic E-state index is 0.176. The van der Waals surface area contributed by atoms with Crippen LogP contribution in [0.3, 0.4) is 0 Å². The van der Waals surface area contributed by atoms with E-state index in [0.717, 1.165) is 37.5 Å². The van der Waals surface area contributed by atoms with Gasteiger partial charge in [0.05, 0.1) is 0 Å². The molecule has 3 heteroatoms. The van der Waals surface area contributed by atoms with Gasteiger partial charge in [0.2, 0.25) is 5.91 Å². The quantitative estimate of drug-likeness (QED) is 0.820. The molecule has 1 unspecified atom stereocenters. The summed E-state index contributed by atoms with van der Waals surface area (Å²) in [5.74, 6) is 2.60. The minimum atomic E-state index is -0.261. The number of hydrogen-bond donors (Lipinski definition) is 1. The molecule has 17 heavy (non-hydrogen) atoms. The molecule has 2 atom stereocenters. The molecular weight excluding hydrogens is 214 g/mol. The Morgan fingerprint density at radius 1 is 1.29 bits per heavy atom. The summed E-state index contributed by atoms with van der Waals surface area (Å²) in [6.45, 7) is 8.63. The summed E-state index contributed by atoms with van der Waals surface area (Å²) in [7, 11) is 0. The summed E-state index contributed by atoms with van der Waals surface area (Å²) in [6.07, 6.45) is 3.73. The van der Waals surface area contributed by atoms with E-state index in [1.807, 2.05) is 20.8 Å². The maximum absolute atomic E-state index is 11.7. The molecule has 3 nitrogen and oxygen atoms in total. The Bertz CT molecular complexity index is 276. The first-order valence-corrected chi connectivity index (χ1v) is 6.84. The average molecular weight is 239 g/mol. The first kappa shape index (κ1) is 12.9. The molecule has 2 aliphatic rings. The predicted octanol–water partition coefficient (Wildman–Crippen LogP) is 2.21. The number of nitrogens with one attached hydrogen (secondary N) is 1. The molecule has 0 aromatic carbocycles. The fourth-order valence-electron chi connectivity index (χ4n) is 2.72. The zero-order valence-electron chi connectivity index (χ0n) is 11.3. The van der Waals surface area contributed by atoms with Crippen molar-refractivity contribution in [1.29, 1.82) is 0 Å². The van der Waals surface area contributed by atoms with Gasteiger partial charge in [0.25, 0.3) is 0 Å². The maximum atomic E-state index is 11.7. The molecule has 0 aromatic rings. The largest absolute Gasteiger partial charge is 0.381 e. The molecule has 1 amide bonds. The van der Waals surface area contributed by atoms with Crippen LogP contribution >= 0.6 is 0 Å². The highest BCUT2D eigenvalue weighted by Gasteiger charge is 2.43. The maximum Gasteiger partial charge on any atom is 0.225 e. The van der Waals surface area contributed by atoms with Crippen LogP contribution < -0.4 is 5.32 Å². The van der Waals surface area contributed by atoms with E-state index in [2.05, 4.69) is 5.32 Å². The van der Waals surface area contributed by atoms with Crippen LogP contribution in [0.5, 0.6) is 0 Å². The summed E-state index contributed by atoms with van der Waals surface area (Å²) in [5.41, 5.74) is -0.261. The van der Waals surface area contributed by atoms with Crippen molar-refractivity contribution >= 4 is 5.91 Å². The lowest BCUT2D eigenvalue weighted by molar-refractivity contribution is -0.128. The van der Waals surface area contributed by atoms with Crippen LogP contribution in [0.4, 0.5) is 0 Å². The van der Waals surface area contributed by atoms with E-state index in [4.69, 9.17) is 4.74 Å². The van der Waals surface area contributed by atoms with Crippen LogP contribution in [-0.2, 0) is 9.53 Å². The Balaban J connectivity index is 1.68. The topological polar surface area (TPSA) is 38.3 Å². The number of amides is 1. The summed E-state index contributed by atoms with van der Waals surface area (Å²) in [6, 6.07) is 0. The molecule has 0 radical (unpaired) electrons.